The number of methoxy groups -OCH3 is 1. The van der Waals surface area contributed by atoms with Gasteiger partial charge in [-0.3, -0.25) is 4.79 Å². The number of hydrogen-bond donors (Lipinski definition) is 1. The molecule has 4 aromatic rings. The lowest BCUT2D eigenvalue weighted by Gasteiger charge is -2.19. The molecule has 0 aliphatic carbocycles. The molecule has 1 amide bonds. The summed E-state index contributed by atoms with van der Waals surface area (Å²) in [5.41, 5.74) is 5.94. The van der Waals surface area contributed by atoms with Crippen molar-refractivity contribution in [3.05, 3.63) is 89.5 Å². The second-order valence-electron chi connectivity index (χ2n) is 8.73. The van der Waals surface area contributed by atoms with Crippen LogP contribution >= 0.6 is 0 Å². The van der Waals surface area contributed by atoms with Crippen molar-refractivity contribution in [1.29, 1.82) is 0 Å². The van der Waals surface area contributed by atoms with Gasteiger partial charge in [0.25, 0.3) is 5.91 Å². The van der Waals surface area contributed by atoms with E-state index in [4.69, 9.17) is 9.72 Å². The fraction of sp³-hybridized carbons (Fsp3) is 0.241. The van der Waals surface area contributed by atoms with Gasteiger partial charge >= 0.3 is 0 Å². The van der Waals surface area contributed by atoms with Gasteiger partial charge in [-0.1, -0.05) is 25.5 Å². The van der Waals surface area contributed by atoms with E-state index in [2.05, 4.69) is 41.4 Å². The molecular formula is C29H29N3O2. The molecule has 5 nitrogen and oxygen atoms in total. The van der Waals surface area contributed by atoms with E-state index in [-0.39, 0.29) is 5.91 Å². The van der Waals surface area contributed by atoms with Gasteiger partial charge in [0.15, 0.2) is 0 Å². The Morgan fingerprint density at radius 1 is 1.03 bits per heavy atom. The third-order valence-corrected chi connectivity index (χ3v) is 6.41. The lowest BCUT2D eigenvalue weighted by Crippen LogP contribution is -2.15. The van der Waals surface area contributed by atoms with Crippen molar-refractivity contribution < 1.29 is 9.53 Å². The Morgan fingerprint density at radius 3 is 2.56 bits per heavy atom. The van der Waals surface area contributed by atoms with Gasteiger partial charge in [-0.15, -0.1) is 0 Å². The number of fused-ring (bicyclic) bond motifs is 2. The summed E-state index contributed by atoms with van der Waals surface area (Å²) < 4.78 is 5.36. The summed E-state index contributed by atoms with van der Waals surface area (Å²) in [5.74, 6) is 1.67. The fourth-order valence-corrected chi connectivity index (χ4v) is 4.45. The van der Waals surface area contributed by atoms with E-state index >= 15 is 0 Å². The molecule has 0 atom stereocenters. The molecule has 172 valence electrons. The molecule has 2 heterocycles. The maximum Gasteiger partial charge on any atom is 0.255 e. The number of nitrogens with zero attached hydrogens (tertiary/aromatic N) is 2. The number of rotatable bonds is 7. The van der Waals surface area contributed by atoms with Crippen LogP contribution in [0.4, 0.5) is 17.2 Å². The topological polar surface area (TPSA) is 54.5 Å². The van der Waals surface area contributed by atoms with E-state index in [1.54, 1.807) is 7.11 Å². The predicted octanol–water partition coefficient (Wildman–Crippen LogP) is 6.53. The molecule has 0 saturated carbocycles. The van der Waals surface area contributed by atoms with E-state index in [0.29, 0.717) is 5.56 Å². The summed E-state index contributed by atoms with van der Waals surface area (Å²) in [6, 6.07) is 24.1. The fourth-order valence-electron chi connectivity index (χ4n) is 4.45. The lowest BCUT2D eigenvalue weighted by atomic mass is 10.1. The summed E-state index contributed by atoms with van der Waals surface area (Å²) in [5, 5.41) is 4.12. The Hall–Kier alpha value is -3.86. The Bertz CT molecular complexity index is 1310. The molecular weight excluding hydrogens is 422 g/mol. The number of anilines is 3. The number of hydrogen-bond acceptors (Lipinski definition) is 4. The van der Waals surface area contributed by atoms with Crippen LogP contribution in [0.3, 0.4) is 0 Å². The highest BCUT2D eigenvalue weighted by Gasteiger charge is 2.23. The molecule has 0 spiro atoms. The predicted molar refractivity (Wildman–Crippen MR) is 138 cm³/mol. The van der Waals surface area contributed by atoms with Crippen LogP contribution in [-0.4, -0.2) is 24.5 Å². The normalized spacial score (nSPS) is 12.6. The smallest absolute Gasteiger partial charge is 0.255 e. The number of ether oxygens (including phenoxy) is 1. The highest BCUT2D eigenvalue weighted by molar-refractivity contribution is 6.04. The molecule has 0 unspecified atom stereocenters. The molecule has 0 saturated heterocycles. The zero-order valence-electron chi connectivity index (χ0n) is 19.7. The van der Waals surface area contributed by atoms with Crippen molar-refractivity contribution in [3.8, 4) is 5.75 Å². The summed E-state index contributed by atoms with van der Waals surface area (Å²) in [6.45, 7) is 3.06. The van der Waals surface area contributed by atoms with Crippen molar-refractivity contribution in [2.45, 2.75) is 32.6 Å². The zero-order valence-corrected chi connectivity index (χ0v) is 19.7. The maximum atomic E-state index is 12.8. The van der Waals surface area contributed by atoms with E-state index in [9.17, 15) is 4.79 Å². The Morgan fingerprint density at radius 2 is 1.82 bits per heavy atom. The van der Waals surface area contributed by atoms with Gasteiger partial charge in [-0.25, -0.2) is 4.98 Å². The SMILES string of the molecule is CCCCc1ccc(NC(=O)c2ccc(N3CCc4cc5ccc(OC)cc5nc43)cc2)cc1. The van der Waals surface area contributed by atoms with Gasteiger partial charge < -0.3 is 15.0 Å². The van der Waals surface area contributed by atoms with Gasteiger partial charge in [0.05, 0.1) is 12.6 Å². The highest BCUT2D eigenvalue weighted by Crippen LogP contribution is 2.35. The minimum absolute atomic E-state index is 0.106. The molecule has 1 aromatic heterocycles. The molecule has 0 fully saturated rings. The van der Waals surface area contributed by atoms with Crippen LogP contribution in [0.2, 0.25) is 0 Å². The van der Waals surface area contributed by atoms with Gasteiger partial charge in [0.1, 0.15) is 11.6 Å². The zero-order chi connectivity index (χ0) is 23.5. The minimum Gasteiger partial charge on any atom is -0.497 e. The highest BCUT2D eigenvalue weighted by atomic mass is 16.5. The van der Waals surface area contributed by atoms with Crippen LogP contribution in [0, 0.1) is 0 Å². The molecule has 34 heavy (non-hydrogen) atoms. The van der Waals surface area contributed by atoms with E-state index in [1.165, 1.54) is 24.0 Å². The van der Waals surface area contributed by atoms with Crippen molar-refractivity contribution in [2.24, 2.45) is 0 Å². The number of pyridine rings is 1. The summed E-state index contributed by atoms with van der Waals surface area (Å²) in [6.07, 6.45) is 4.38. The number of carbonyl (C=O) groups is 1. The van der Waals surface area contributed by atoms with Crippen LogP contribution in [-0.2, 0) is 12.8 Å². The summed E-state index contributed by atoms with van der Waals surface area (Å²) in [4.78, 5) is 19.9. The van der Waals surface area contributed by atoms with Gasteiger partial charge in [0, 0.05) is 34.9 Å². The van der Waals surface area contributed by atoms with Crippen LogP contribution < -0.4 is 15.0 Å². The second kappa shape index (κ2) is 9.56. The average molecular weight is 452 g/mol. The number of aromatic nitrogens is 1. The standard InChI is InChI=1S/C29H29N3O2/c1-3-4-5-20-6-11-24(12-7-20)30-29(33)21-8-13-25(14-9-21)32-17-16-23-18-22-10-15-26(34-2)19-27(22)31-28(23)32/h6-15,18-19H,3-5,16-17H2,1-2H3,(H,30,33). The van der Waals surface area contributed by atoms with Crippen LogP contribution in [0.15, 0.2) is 72.8 Å². The van der Waals surface area contributed by atoms with Crippen molar-refractivity contribution in [2.75, 3.05) is 23.9 Å². The number of aryl methyl sites for hydroxylation is 1. The summed E-state index contributed by atoms with van der Waals surface area (Å²) in [7, 11) is 1.67. The molecule has 5 rings (SSSR count). The van der Waals surface area contributed by atoms with Crippen LogP contribution in [0.1, 0.15) is 41.3 Å². The third-order valence-electron chi connectivity index (χ3n) is 6.41. The van der Waals surface area contributed by atoms with Crippen molar-refractivity contribution in [1.82, 2.24) is 4.98 Å². The Labute approximate surface area is 200 Å². The summed E-state index contributed by atoms with van der Waals surface area (Å²) >= 11 is 0. The lowest BCUT2D eigenvalue weighted by molar-refractivity contribution is 0.102. The number of nitrogens with one attached hydrogen (secondary N) is 1. The van der Waals surface area contributed by atoms with Crippen molar-refractivity contribution in [3.63, 3.8) is 0 Å². The minimum atomic E-state index is -0.106. The number of carbonyl (C=O) groups excluding carboxylic acids is 1. The molecule has 1 aliphatic rings. The molecule has 0 radical (unpaired) electrons. The van der Waals surface area contributed by atoms with Gasteiger partial charge in [-0.2, -0.15) is 0 Å². The molecule has 0 bridgehead atoms. The monoisotopic (exact) mass is 451 g/mol. The first-order chi connectivity index (χ1) is 16.6. The molecule has 1 aliphatic heterocycles. The largest absolute Gasteiger partial charge is 0.497 e. The number of unbranched alkanes of at least 4 members (excludes halogenated alkanes) is 1. The number of amides is 1. The first-order valence-corrected chi connectivity index (χ1v) is 11.9. The van der Waals surface area contributed by atoms with Gasteiger partial charge in [-0.05, 0) is 85.0 Å². The van der Waals surface area contributed by atoms with Crippen molar-refractivity contribution >= 4 is 34.0 Å². The third kappa shape index (κ3) is 4.46. The molecule has 5 heteroatoms. The van der Waals surface area contributed by atoms with E-state index in [1.807, 2.05) is 48.5 Å². The Balaban J connectivity index is 1.31. The quantitative estimate of drug-likeness (QED) is 0.347. The van der Waals surface area contributed by atoms with E-state index < -0.39 is 0 Å². The average Bonchev–Trinajstić information content (AvgIpc) is 3.29. The first-order valence-electron chi connectivity index (χ1n) is 11.9. The van der Waals surface area contributed by atoms with Crippen LogP contribution in [0.25, 0.3) is 10.9 Å². The van der Waals surface area contributed by atoms with Crippen LogP contribution in [0.5, 0.6) is 5.75 Å². The second-order valence-corrected chi connectivity index (χ2v) is 8.73. The first kappa shape index (κ1) is 22.0. The maximum absolute atomic E-state index is 12.8. The van der Waals surface area contributed by atoms with Gasteiger partial charge in [0.2, 0.25) is 0 Å². The molecule has 3 aromatic carbocycles. The molecule has 1 N–H and O–H groups in total. The number of benzene rings is 3. The van der Waals surface area contributed by atoms with E-state index in [0.717, 1.165) is 53.2 Å². The Kier molecular flexibility index (Phi) is 6.17.